The summed E-state index contributed by atoms with van der Waals surface area (Å²) < 4.78 is 1.90. The van der Waals surface area contributed by atoms with E-state index in [0.717, 1.165) is 17.2 Å². The van der Waals surface area contributed by atoms with Crippen LogP contribution in [0.1, 0.15) is 11.4 Å². The Labute approximate surface area is 82.4 Å². The average molecular weight is 188 g/mol. The monoisotopic (exact) mass is 188 g/mol. The second-order valence-corrected chi connectivity index (χ2v) is 3.22. The maximum atomic E-state index is 5.73. The van der Waals surface area contributed by atoms with E-state index in [2.05, 4.69) is 9.97 Å². The normalized spacial score (nSPS) is 10.4. The number of hydrogen-bond donors (Lipinski definition) is 1. The first-order valence-electron chi connectivity index (χ1n) is 4.42. The maximum absolute atomic E-state index is 5.73. The zero-order valence-electron chi connectivity index (χ0n) is 8.23. The summed E-state index contributed by atoms with van der Waals surface area (Å²) in [6.45, 7) is 3.87. The molecule has 4 nitrogen and oxygen atoms in total. The lowest BCUT2D eigenvalue weighted by atomic mass is 10.3. The highest BCUT2D eigenvalue weighted by atomic mass is 15.1. The molecule has 0 aliphatic carbocycles. The van der Waals surface area contributed by atoms with Crippen LogP contribution in [0.5, 0.6) is 0 Å². The number of rotatable bonds is 1. The van der Waals surface area contributed by atoms with Crippen molar-refractivity contribution in [3.63, 3.8) is 0 Å². The highest BCUT2D eigenvalue weighted by Gasteiger charge is 2.02. The molecular formula is C10H12N4. The molecule has 2 rings (SSSR count). The van der Waals surface area contributed by atoms with E-state index in [-0.39, 0.29) is 0 Å². The summed E-state index contributed by atoms with van der Waals surface area (Å²) in [5.41, 5.74) is 6.72. The van der Waals surface area contributed by atoms with Crippen molar-refractivity contribution < 1.29 is 0 Å². The second-order valence-electron chi connectivity index (χ2n) is 3.22. The van der Waals surface area contributed by atoms with Crippen LogP contribution in [-0.2, 0) is 0 Å². The van der Waals surface area contributed by atoms with Gasteiger partial charge in [-0.2, -0.15) is 0 Å². The van der Waals surface area contributed by atoms with Crippen LogP contribution in [0.25, 0.3) is 5.82 Å². The summed E-state index contributed by atoms with van der Waals surface area (Å²) in [4.78, 5) is 8.40. The first kappa shape index (κ1) is 8.74. The number of nitrogen functional groups attached to an aromatic ring is 1. The summed E-state index contributed by atoms with van der Waals surface area (Å²) in [6, 6.07) is 3.89. The number of pyridine rings is 1. The third-order valence-corrected chi connectivity index (χ3v) is 2.19. The zero-order valence-corrected chi connectivity index (χ0v) is 8.23. The molecule has 0 saturated carbocycles. The Morgan fingerprint density at radius 3 is 2.64 bits per heavy atom. The minimum atomic E-state index is 0.565. The Hall–Kier alpha value is -1.84. The predicted octanol–water partition coefficient (Wildman–Crippen LogP) is 1.47. The summed E-state index contributed by atoms with van der Waals surface area (Å²) in [5, 5.41) is 0. The first-order chi connectivity index (χ1) is 6.68. The van der Waals surface area contributed by atoms with Crippen molar-refractivity contribution in [2.75, 3.05) is 5.73 Å². The number of aromatic nitrogens is 3. The van der Waals surface area contributed by atoms with Crippen LogP contribution in [0.4, 0.5) is 5.82 Å². The topological polar surface area (TPSA) is 56.7 Å². The molecule has 0 saturated heterocycles. The third-order valence-electron chi connectivity index (χ3n) is 2.19. The van der Waals surface area contributed by atoms with Gasteiger partial charge in [0.05, 0.1) is 0 Å². The van der Waals surface area contributed by atoms with E-state index in [1.54, 1.807) is 6.20 Å². The molecule has 0 unspecified atom stereocenters. The molecule has 2 heterocycles. The fraction of sp³-hybridized carbons (Fsp3) is 0.200. The van der Waals surface area contributed by atoms with E-state index in [0.29, 0.717) is 5.82 Å². The van der Waals surface area contributed by atoms with Gasteiger partial charge in [0.25, 0.3) is 0 Å². The van der Waals surface area contributed by atoms with Crippen LogP contribution in [0, 0.1) is 13.8 Å². The lowest BCUT2D eigenvalue weighted by Gasteiger charge is -2.05. The largest absolute Gasteiger partial charge is 0.383 e. The van der Waals surface area contributed by atoms with Crippen molar-refractivity contribution in [3.05, 3.63) is 35.9 Å². The molecule has 0 fully saturated rings. The van der Waals surface area contributed by atoms with Crippen molar-refractivity contribution in [1.82, 2.24) is 14.5 Å². The highest BCUT2D eigenvalue weighted by Crippen LogP contribution is 2.12. The van der Waals surface area contributed by atoms with Gasteiger partial charge in [-0.3, -0.25) is 4.57 Å². The Morgan fingerprint density at radius 2 is 2.07 bits per heavy atom. The van der Waals surface area contributed by atoms with Crippen LogP contribution in [-0.4, -0.2) is 14.5 Å². The van der Waals surface area contributed by atoms with Crippen molar-refractivity contribution in [3.8, 4) is 5.82 Å². The molecular weight excluding hydrogens is 176 g/mol. The number of nitrogens with zero attached hydrogens (tertiary/aromatic N) is 3. The number of anilines is 1. The molecule has 4 heteroatoms. The molecule has 0 aliphatic heterocycles. The van der Waals surface area contributed by atoms with Crippen LogP contribution in [0.3, 0.4) is 0 Å². The molecule has 0 aliphatic rings. The second kappa shape index (κ2) is 3.14. The zero-order chi connectivity index (χ0) is 10.1. The Balaban J connectivity index is 2.53. The van der Waals surface area contributed by atoms with Crippen molar-refractivity contribution in [2.45, 2.75) is 13.8 Å². The van der Waals surface area contributed by atoms with Gasteiger partial charge < -0.3 is 5.73 Å². The molecule has 2 aromatic rings. The van der Waals surface area contributed by atoms with E-state index >= 15 is 0 Å². The van der Waals surface area contributed by atoms with Crippen molar-refractivity contribution in [1.29, 1.82) is 0 Å². The van der Waals surface area contributed by atoms with Gasteiger partial charge in [-0.05, 0) is 25.5 Å². The molecule has 0 radical (unpaired) electrons. The average Bonchev–Trinajstić information content (AvgIpc) is 2.57. The molecule has 2 N–H and O–H groups in total. The van der Waals surface area contributed by atoms with Gasteiger partial charge >= 0.3 is 0 Å². The molecule has 2 aromatic heterocycles. The summed E-state index contributed by atoms with van der Waals surface area (Å²) in [5.74, 6) is 2.28. The number of aryl methyl sites for hydroxylation is 2. The van der Waals surface area contributed by atoms with E-state index in [9.17, 15) is 0 Å². The van der Waals surface area contributed by atoms with E-state index in [1.165, 1.54) is 0 Å². The van der Waals surface area contributed by atoms with E-state index in [1.807, 2.05) is 36.7 Å². The lowest BCUT2D eigenvalue weighted by Crippen LogP contribution is -2.02. The molecule has 0 spiro atoms. The molecule has 0 aromatic carbocycles. The quantitative estimate of drug-likeness (QED) is 0.737. The SMILES string of the molecule is Cc1ccc(-n2ccnc2C)nc1N. The van der Waals surface area contributed by atoms with Gasteiger partial charge in [-0.25, -0.2) is 9.97 Å². The van der Waals surface area contributed by atoms with Gasteiger partial charge in [-0.15, -0.1) is 0 Å². The molecule has 0 amide bonds. The minimum absolute atomic E-state index is 0.565. The predicted molar refractivity (Wildman–Crippen MR) is 55.2 cm³/mol. The van der Waals surface area contributed by atoms with Crippen LogP contribution >= 0.6 is 0 Å². The van der Waals surface area contributed by atoms with Gasteiger partial charge in [0, 0.05) is 12.4 Å². The fourth-order valence-corrected chi connectivity index (χ4v) is 1.29. The number of hydrogen-bond acceptors (Lipinski definition) is 3. The standard InChI is InChI=1S/C10H12N4/c1-7-3-4-9(13-10(7)11)14-6-5-12-8(14)2/h3-6H,1-2H3,(H2,11,13). The summed E-state index contributed by atoms with van der Waals surface area (Å²) in [7, 11) is 0. The van der Waals surface area contributed by atoms with Gasteiger partial charge in [0.15, 0.2) is 0 Å². The summed E-state index contributed by atoms with van der Waals surface area (Å²) in [6.07, 6.45) is 3.61. The number of nitrogens with two attached hydrogens (primary N) is 1. The van der Waals surface area contributed by atoms with E-state index in [4.69, 9.17) is 5.73 Å². The van der Waals surface area contributed by atoms with Crippen molar-refractivity contribution in [2.24, 2.45) is 0 Å². The number of imidazole rings is 1. The van der Waals surface area contributed by atoms with Crippen LogP contribution in [0.15, 0.2) is 24.5 Å². The highest BCUT2D eigenvalue weighted by molar-refractivity contribution is 5.43. The van der Waals surface area contributed by atoms with Crippen molar-refractivity contribution >= 4 is 5.82 Å². The van der Waals surface area contributed by atoms with Gasteiger partial charge in [0.1, 0.15) is 17.5 Å². The Kier molecular flexibility index (Phi) is 1.96. The molecule has 0 bridgehead atoms. The smallest absolute Gasteiger partial charge is 0.140 e. The Morgan fingerprint density at radius 1 is 1.29 bits per heavy atom. The van der Waals surface area contributed by atoms with Crippen LogP contribution in [0.2, 0.25) is 0 Å². The van der Waals surface area contributed by atoms with Gasteiger partial charge in [0.2, 0.25) is 0 Å². The third kappa shape index (κ3) is 1.35. The van der Waals surface area contributed by atoms with Crippen LogP contribution < -0.4 is 5.73 Å². The minimum Gasteiger partial charge on any atom is -0.383 e. The molecule has 72 valence electrons. The molecule has 0 atom stereocenters. The van der Waals surface area contributed by atoms with E-state index < -0.39 is 0 Å². The lowest BCUT2D eigenvalue weighted by molar-refractivity contribution is 0.933. The first-order valence-corrected chi connectivity index (χ1v) is 4.42. The van der Waals surface area contributed by atoms with Gasteiger partial charge in [-0.1, -0.05) is 6.07 Å². The molecule has 14 heavy (non-hydrogen) atoms. The fourth-order valence-electron chi connectivity index (χ4n) is 1.29. The summed E-state index contributed by atoms with van der Waals surface area (Å²) >= 11 is 0. The Bertz CT molecular complexity index is 459. The maximum Gasteiger partial charge on any atom is 0.140 e.